The highest BCUT2D eigenvalue weighted by Gasteiger charge is 2.08. The van der Waals surface area contributed by atoms with Crippen LogP contribution in [0.5, 0.6) is 0 Å². The van der Waals surface area contributed by atoms with Crippen LogP contribution in [0.2, 0.25) is 0 Å². The minimum absolute atomic E-state index is 0.651. The summed E-state index contributed by atoms with van der Waals surface area (Å²) in [5.41, 5.74) is 3.88. The van der Waals surface area contributed by atoms with E-state index in [4.69, 9.17) is 5.26 Å². The Morgan fingerprint density at radius 1 is 1.42 bits per heavy atom. The molecule has 19 heavy (non-hydrogen) atoms. The van der Waals surface area contributed by atoms with Crippen LogP contribution in [0, 0.1) is 18.3 Å². The van der Waals surface area contributed by atoms with Crippen LogP contribution in [-0.2, 0) is 6.54 Å². The molecule has 98 valence electrons. The summed E-state index contributed by atoms with van der Waals surface area (Å²) >= 11 is 0. The van der Waals surface area contributed by atoms with Crippen LogP contribution < -0.4 is 5.32 Å². The molecule has 0 aliphatic carbocycles. The molecule has 0 atom stereocenters. The van der Waals surface area contributed by atoms with Crippen molar-refractivity contribution in [1.29, 1.82) is 5.26 Å². The summed E-state index contributed by atoms with van der Waals surface area (Å²) in [4.78, 5) is 0. The van der Waals surface area contributed by atoms with Crippen molar-refractivity contribution in [2.45, 2.75) is 26.8 Å². The summed E-state index contributed by atoms with van der Waals surface area (Å²) in [7, 11) is 0. The van der Waals surface area contributed by atoms with Crippen LogP contribution in [-0.4, -0.2) is 16.3 Å². The molecule has 0 amide bonds. The monoisotopic (exact) mass is 254 g/mol. The normalized spacial score (nSPS) is 10.4. The van der Waals surface area contributed by atoms with E-state index in [2.05, 4.69) is 30.3 Å². The fourth-order valence-electron chi connectivity index (χ4n) is 1.98. The summed E-state index contributed by atoms with van der Waals surface area (Å²) in [6.45, 7) is 6.04. The molecule has 1 N–H and O–H groups in total. The van der Waals surface area contributed by atoms with Crippen LogP contribution in [0.25, 0.3) is 5.69 Å². The van der Waals surface area contributed by atoms with Gasteiger partial charge in [-0.15, -0.1) is 0 Å². The van der Waals surface area contributed by atoms with Crippen molar-refractivity contribution in [1.82, 2.24) is 15.1 Å². The Hall–Kier alpha value is -2.12. The van der Waals surface area contributed by atoms with Gasteiger partial charge in [-0.05, 0) is 38.1 Å². The predicted octanol–water partition coefficient (Wildman–Crippen LogP) is 2.55. The zero-order chi connectivity index (χ0) is 13.7. The Kier molecular flexibility index (Phi) is 4.32. The van der Waals surface area contributed by atoms with E-state index >= 15 is 0 Å². The lowest BCUT2D eigenvalue weighted by molar-refractivity contribution is 0.672. The summed E-state index contributed by atoms with van der Waals surface area (Å²) in [5.74, 6) is 0. The number of hydrogen-bond donors (Lipinski definition) is 1. The summed E-state index contributed by atoms with van der Waals surface area (Å²) in [6.07, 6.45) is 3.01. The molecule has 2 aromatic rings. The molecule has 1 aromatic heterocycles. The standard InChI is InChI=1S/C15H18N4/c1-3-7-17-10-14-11-18-19(12(14)2)15-6-4-5-13(8-15)9-16/h4-6,8,11,17H,3,7,10H2,1-2H3. The average Bonchev–Trinajstić information content (AvgIpc) is 2.81. The summed E-state index contributed by atoms with van der Waals surface area (Å²) < 4.78 is 1.88. The van der Waals surface area contributed by atoms with Gasteiger partial charge >= 0.3 is 0 Å². The zero-order valence-corrected chi connectivity index (χ0v) is 11.3. The molecule has 0 bridgehead atoms. The quantitative estimate of drug-likeness (QED) is 0.834. The smallest absolute Gasteiger partial charge is 0.0992 e. The van der Waals surface area contributed by atoms with Gasteiger partial charge in [0.2, 0.25) is 0 Å². The molecule has 4 heteroatoms. The maximum Gasteiger partial charge on any atom is 0.0992 e. The van der Waals surface area contributed by atoms with Crippen LogP contribution in [0.4, 0.5) is 0 Å². The van der Waals surface area contributed by atoms with Crippen molar-refractivity contribution >= 4 is 0 Å². The van der Waals surface area contributed by atoms with Crippen molar-refractivity contribution < 1.29 is 0 Å². The molecule has 0 radical (unpaired) electrons. The van der Waals surface area contributed by atoms with Gasteiger partial charge in [-0.1, -0.05) is 13.0 Å². The Labute approximate surface area is 113 Å². The highest BCUT2D eigenvalue weighted by Crippen LogP contribution is 2.15. The minimum atomic E-state index is 0.651. The van der Waals surface area contributed by atoms with Gasteiger partial charge in [0.05, 0.1) is 23.5 Å². The van der Waals surface area contributed by atoms with Gasteiger partial charge in [-0.3, -0.25) is 0 Å². The van der Waals surface area contributed by atoms with Crippen LogP contribution in [0.3, 0.4) is 0 Å². The maximum atomic E-state index is 8.94. The third-order valence-corrected chi connectivity index (χ3v) is 3.07. The number of nitrogens with one attached hydrogen (secondary N) is 1. The summed E-state index contributed by atoms with van der Waals surface area (Å²) in [6, 6.07) is 9.64. The van der Waals surface area contributed by atoms with Gasteiger partial charge in [0.25, 0.3) is 0 Å². The van der Waals surface area contributed by atoms with Crippen LogP contribution in [0.15, 0.2) is 30.5 Å². The first-order chi connectivity index (χ1) is 9.26. The molecule has 0 aliphatic rings. The maximum absolute atomic E-state index is 8.94. The molecule has 0 fully saturated rings. The van der Waals surface area contributed by atoms with Crippen molar-refractivity contribution in [3.05, 3.63) is 47.3 Å². The van der Waals surface area contributed by atoms with E-state index in [0.29, 0.717) is 5.56 Å². The third-order valence-electron chi connectivity index (χ3n) is 3.07. The van der Waals surface area contributed by atoms with E-state index in [9.17, 15) is 0 Å². The number of aromatic nitrogens is 2. The molecule has 0 saturated carbocycles. The highest BCUT2D eigenvalue weighted by atomic mass is 15.3. The largest absolute Gasteiger partial charge is 0.313 e. The van der Waals surface area contributed by atoms with Crippen LogP contribution >= 0.6 is 0 Å². The Bertz CT molecular complexity index is 592. The van der Waals surface area contributed by atoms with Crippen molar-refractivity contribution in [2.24, 2.45) is 0 Å². The summed E-state index contributed by atoms with van der Waals surface area (Å²) in [5, 5.41) is 16.7. The fraction of sp³-hybridized carbons (Fsp3) is 0.333. The van der Waals surface area contributed by atoms with Gasteiger partial charge in [0.15, 0.2) is 0 Å². The van der Waals surface area contributed by atoms with E-state index in [1.165, 1.54) is 5.56 Å². The molecular formula is C15H18N4. The Morgan fingerprint density at radius 3 is 3.00 bits per heavy atom. The SMILES string of the molecule is CCCNCc1cnn(-c2cccc(C#N)c2)c1C. The Morgan fingerprint density at radius 2 is 2.26 bits per heavy atom. The molecule has 1 heterocycles. The van der Waals surface area contributed by atoms with Crippen molar-refractivity contribution in [3.8, 4) is 11.8 Å². The van der Waals surface area contributed by atoms with E-state index in [0.717, 1.165) is 30.9 Å². The lowest BCUT2D eigenvalue weighted by Crippen LogP contribution is -2.14. The van der Waals surface area contributed by atoms with Gasteiger partial charge in [0, 0.05) is 17.8 Å². The molecular weight excluding hydrogens is 236 g/mol. The second kappa shape index (κ2) is 6.17. The van der Waals surface area contributed by atoms with Gasteiger partial charge in [0.1, 0.15) is 0 Å². The number of hydrogen-bond acceptors (Lipinski definition) is 3. The van der Waals surface area contributed by atoms with Gasteiger partial charge in [-0.25, -0.2) is 4.68 Å². The predicted molar refractivity (Wildman–Crippen MR) is 75.0 cm³/mol. The zero-order valence-electron chi connectivity index (χ0n) is 11.3. The average molecular weight is 254 g/mol. The van der Waals surface area contributed by atoms with Gasteiger partial charge in [-0.2, -0.15) is 10.4 Å². The first-order valence-corrected chi connectivity index (χ1v) is 6.51. The van der Waals surface area contributed by atoms with Crippen LogP contribution in [0.1, 0.15) is 30.2 Å². The number of nitriles is 1. The minimum Gasteiger partial charge on any atom is -0.313 e. The molecule has 1 aromatic carbocycles. The van der Waals surface area contributed by atoms with E-state index < -0.39 is 0 Å². The fourth-order valence-corrected chi connectivity index (χ4v) is 1.98. The van der Waals surface area contributed by atoms with Crippen molar-refractivity contribution in [3.63, 3.8) is 0 Å². The lowest BCUT2D eigenvalue weighted by Gasteiger charge is -2.06. The molecule has 0 unspecified atom stereocenters. The lowest BCUT2D eigenvalue weighted by atomic mass is 10.2. The van der Waals surface area contributed by atoms with E-state index in [1.54, 1.807) is 6.07 Å². The third kappa shape index (κ3) is 3.01. The molecule has 0 spiro atoms. The number of benzene rings is 1. The van der Waals surface area contributed by atoms with E-state index in [1.807, 2.05) is 29.1 Å². The number of nitrogens with zero attached hydrogens (tertiary/aromatic N) is 3. The number of rotatable bonds is 5. The molecule has 4 nitrogen and oxygen atoms in total. The molecule has 2 rings (SSSR count). The van der Waals surface area contributed by atoms with E-state index in [-0.39, 0.29) is 0 Å². The molecule has 0 aliphatic heterocycles. The van der Waals surface area contributed by atoms with Crippen molar-refractivity contribution in [2.75, 3.05) is 6.54 Å². The first kappa shape index (κ1) is 13.3. The van der Waals surface area contributed by atoms with Gasteiger partial charge < -0.3 is 5.32 Å². The molecule has 0 saturated heterocycles. The second-order valence-corrected chi connectivity index (χ2v) is 4.51. The first-order valence-electron chi connectivity index (χ1n) is 6.51. The Balaban J connectivity index is 2.23. The topological polar surface area (TPSA) is 53.6 Å². The second-order valence-electron chi connectivity index (χ2n) is 4.51. The highest BCUT2D eigenvalue weighted by molar-refractivity contribution is 5.42.